The van der Waals surface area contributed by atoms with Crippen LogP contribution in [0.5, 0.6) is 0 Å². The predicted molar refractivity (Wildman–Crippen MR) is 423 cm³/mol. The molecule has 0 aromatic rings. The van der Waals surface area contributed by atoms with Gasteiger partial charge in [0, 0.05) is 25.7 Å². The molecule has 0 heterocycles. The fourth-order valence-corrected chi connectivity index (χ4v) is 14.6. The maximum Gasteiger partial charge on any atom is 0.472 e. The molecule has 6 atom stereocenters. The number of phosphoric ester groups is 2. The number of phosphoric acid groups is 2. The van der Waals surface area contributed by atoms with Crippen LogP contribution < -0.4 is 0 Å². The van der Waals surface area contributed by atoms with Gasteiger partial charge >= 0.3 is 39.5 Å². The van der Waals surface area contributed by atoms with E-state index in [1.54, 1.807) is 0 Å². The van der Waals surface area contributed by atoms with E-state index >= 15 is 0 Å². The summed E-state index contributed by atoms with van der Waals surface area (Å²) in [7, 11) is -9.92. The lowest BCUT2D eigenvalue weighted by molar-refractivity contribution is -0.161. The maximum absolute atomic E-state index is 13.1. The van der Waals surface area contributed by atoms with Gasteiger partial charge in [0.25, 0.3) is 0 Å². The number of carbonyl (C=O) groups excluding carboxylic acids is 4. The molecule has 0 aliphatic heterocycles. The molecule has 19 heteroatoms. The molecule has 0 saturated carbocycles. The first-order valence-corrected chi connectivity index (χ1v) is 46.4. The number of carbonyl (C=O) groups is 4. The van der Waals surface area contributed by atoms with Gasteiger partial charge in [-0.05, 0) is 43.4 Å². The van der Waals surface area contributed by atoms with Crippen molar-refractivity contribution in [2.75, 3.05) is 39.6 Å². The van der Waals surface area contributed by atoms with E-state index in [0.717, 1.165) is 108 Å². The third kappa shape index (κ3) is 76.6. The third-order valence-electron chi connectivity index (χ3n) is 20.0. The lowest BCUT2D eigenvalue weighted by atomic mass is 9.99. The SMILES string of the molecule is CCCCCCCCCCCCCC(=O)OC[C@H](COP(=O)(O)OC[C@H](O)COP(=O)(O)OC[C@@H](COC(=O)CCCCCCCCCCCCCCCCCC(C)C)OC(=O)CCCCCCCCCCCCCCCCCCCCC(C)CC)OC(=O)CCCCCCCCCCCC(C)C. The molecule has 612 valence electrons. The average Bonchev–Trinajstić information content (AvgIpc) is 0.910. The summed E-state index contributed by atoms with van der Waals surface area (Å²) >= 11 is 0. The summed E-state index contributed by atoms with van der Waals surface area (Å²) in [4.78, 5) is 73.1. The number of hydrogen-bond acceptors (Lipinski definition) is 15. The van der Waals surface area contributed by atoms with Gasteiger partial charge in [-0.25, -0.2) is 9.13 Å². The number of aliphatic hydroxyl groups excluding tert-OH is 1. The highest BCUT2D eigenvalue weighted by Gasteiger charge is 2.30. The maximum atomic E-state index is 13.1. The van der Waals surface area contributed by atoms with Crippen LogP contribution in [0.2, 0.25) is 0 Å². The first kappa shape index (κ1) is 101. The number of unbranched alkanes of at least 4 members (excludes halogenated alkanes) is 49. The summed E-state index contributed by atoms with van der Waals surface area (Å²) in [5.74, 6) is 0.306. The van der Waals surface area contributed by atoms with Crippen molar-refractivity contribution in [2.24, 2.45) is 17.8 Å². The van der Waals surface area contributed by atoms with E-state index in [9.17, 15) is 43.2 Å². The molecule has 0 amide bonds. The zero-order valence-corrected chi connectivity index (χ0v) is 69.6. The van der Waals surface area contributed by atoms with E-state index in [1.165, 1.54) is 250 Å². The van der Waals surface area contributed by atoms with E-state index in [-0.39, 0.29) is 25.7 Å². The molecule has 0 fully saturated rings. The van der Waals surface area contributed by atoms with Crippen molar-refractivity contribution >= 4 is 39.5 Å². The van der Waals surface area contributed by atoms with Crippen molar-refractivity contribution in [3.05, 3.63) is 0 Å². The van der Waals surface area contributed by atoms with Gasteiger partial charge in [0.05, 0.1) is 26.4 Å². The molecule has 0 bridgehead atoms. The van der Waals surface area contributed by atoms with Gasteiger partial charge in [-0.3, -0.25) is 37.3 Å². The summed E-state index contributed by atoms with van der Waals surface area (Å²) in [6.45, 7) is 12.0. The second-order valence-electron chi connectivity index (χ2n) is 31.4. The molecule has 103 heavy (non-hydrogen) atoms. The van der Waals surface area contributed by atoms with Crippen molar-refractivity contribution < 1.29 is 80.2 Å². The van der Waals surface area contributed by atoms with Crippen molar-refractivity contribution in [1.29, 1.82) is 0 Å². The van der Waals surface area contributed by atoms with E-state index < -0.39 is 97.5 Å². The Morgan fingerprint density at radius 2 is 0.495 bits per heavy atom. The van der Waals surface area contributed by atoms with Gasteiger partial charge in [0.15, 0.2) is 12.2 Å². The third-order valence-corrected chi connectivity index (χ3v) is 21.9. The average molecular weight is 1510 g/mol. The Morgan fingerprint density at radius 1 is 0.282 bits per heavy atom. The van der Waals surface area contributed by atoms with Gasteiger partial charge < -0.3 is 33.8 Å². The van der Waals surface area contributed by atoms with E-state index in [2.05, 4.69) is 48.5 Å². The Balaban J connectivity index is 5.22. The second kappa shape index (κ2) is 74.2. The molecule has 0 saturated heterocycles. The van der Waals surface area contributed by atoms with Gasteiger partial charge in [0.1, 0.15) is 19.3 Å². The Kier molecular flexibility index (Phi) is 72.8. The van der Waals surface area contributed by atoms with E-state index in [1.807, 2.05) is 0 Å². The van der Waals surface area contributed by atoms with Crippen LogP contribution in [0, 0.1) is 17.8 Å². The fraction of sp³-hybridized carbons (Fsp3) is 0.952. The molecule has 0 spiro atoms. The van der Waals surface area contributed by atoms with Crippen molar-refractivity contribution in [3.8, 4) is 0 Å². The van der Waals surface area contributed by atoms with E-state index in [0.29, 0.717) is 25.7 Å². The quantitative estimate of drug-likeness (QED) is 0.0222. The van der Waals surface area contributed by atoms with Gasteiger partial charge in [-0.2, -0.15) is 0 Å². The minimum atomic E-state index is -4.96. The number of hydrogen-bond donors (Lipinski definition) is 3. The van der Waals surface area contributed by atoms with Crippen LogP contribution in [-0.2, 0) is 65.4 Å². The number of ether oxygens (including phenoxy) is 4. The molecule has 0 aliphatic carbocycles. The van der Waals surface area contributed by atoms with Crippen molar-refractivity contribution in [2.45, 2.75) is 458 Å². The summed E-state index contributed by atoms with van der Waals surface area (Å²) < 4.78 is 68.8. The lowest BCUT2D eigenvalue weighted by Gasteiger charge is -2.21. The topological polar surface area (TPSA) is 237 Å². The van der Waals surface area contributed by atoms with Crippen LogP contribution in [-0.4, -0.2) is 96.7 Å². The first-order valence-electron chi connectivity index (χ1n) is 43.4. The van der Waals surface area contributed by atoms with Crippen molar-refractivity contribution in [1.82, 2.24) is 0 Å². The molecule has 0 aliphatic rings. The summed E-state index contributed by atoms with van der Waals surface area (Å²) in [5, 5.41) is 10.7. The molecule has 0 aromatic heterocycles. The first-order chi connectivity index (χ1) is 49.8. The smallest absolute Gasteiger partial charge is 0.462 e. The molecule has 3 N–H and O–H groups in total. The van der Waals surface area contributed by atoms with Crippen LogP contribution in [0.25, 0.3) is 0 Å². The molecule has 17 nitrogen and oxygen atoms in total. The number of esters is 4. The minimum absolute atomic E-state index is 0.106. The molecular weight excluding hydrogens is 1340 g/mol. The predicted octanol–water partition coefficient (Wildman–Crippen LogP) is 25.3. The molecule has 0 rings (SSSR count). The lowest BCUT2D eigenvalue weighted by Crippen LogP contribution is -2.30. The second-order valence-corrected chi connectivity index (χ2v) is 34.3. The Morgan fingerprint density at radius 3 is 0.738 bits per heavy atom. The summed E-state index contributed by atoms with van der Waals surface area (Å²) in [5.41, 5.74) is 0. The van der Waals surface area contributed by atoms with Gasteiger partial charge in [-0.1, -0.05) is 389 Å². The highest BCUT2D eigenvalue weighted by atomic mass is 31.2. The molecule has 3 unspecified atom stereocenters. The normalized spacial score (nSPS) is 14.2. The summed E-state index contributed by atoms with van der Waals surface area (Å²) in [6, 6.07) is 0. The summed E-state index contributed by atoms with van der Waals surface area (Å²) in [6.07, 6.45) is 63.8. The van der Waals surface area contributed by atoms with Gasteiger partial charge in [0.2, 0.25) is 0 Å². The highest BCUT2D eigenvalue weighted by Crippen LogP contribution is 2.45. The Hall–Kier alpha value is -1.94. The fourth-order valence-electron chi connectivity index (χ4n) is 13.0. The largest absolute Gasteiger partial charge is 0.472 e. The van der Waals surface area contributed by atoms with Crippen LogP contribution >= 0.6 is 15.6 Å². The van der Waals surface area contributed by atoms with Crippen molar-refractivity contribution in [3.63, 3.8) is 0 Å². The Labute approximate surface area is 632 Å². The minimum Gasteiger partial charge on any atom is -0.462 e. The van der Waals surface area contributed by atoms with Gasteiger partial charge in [-0.15, -0.1) is 0 Å². The number of rotatable bonds is 82. The Bertz CT molecular complexity index is 1990. The zero-order chi connectivity index (χ0) is 75.8. The standard InChI is InChI=1S/C84H164O17P2/c1-8-10-11-12-13-14-28-37-44-51-58-65-81(86)94-72-80(101-84(89)68-61-54-47-40-33-35-42-49-56-63-76(5)6)74-99-103(92,93)97-70-78(85)69-96-102(90,91)98-73-79(71-95-82(87)66-59-52-45-38-31-26-23-19-20-24-29-34-41-48-55-62-75(3)4)100-83(88)67-60-53-46-39-32-27-22-18-16-15-17-21-25-30-36-43-50-57-64-77(7)9-2/h75-80,85H,8-74H2,1-7H3,(H,90,91)(H,92,93)/t77?,78-,79-,80-/m1/s1. The monoisotopic (exact) mass is 1510 g/mol. The molecular formula is C84H164O17P2. The van der Waals surface area contributed by atoms with Crippen LogP contribution in [0.3, 0.4) is 0 Å². The highest BCUT2D eigenvalue weighted by molar-refractivity contribution is 7.47. The molecule has 0 radical (unpaired) electrons. The van der Waals surface area contributed by atoms with Crippen LogP contribution in [0.15, 0.2) is 0 Å². The van der Waals surface area contributed by atoms with E-state index in [4.69, 9.17) is 37.0 Å². The number of aliphatic hydroxyl groups is 1. The van der Waals surface area contributed by atoms with Crippen LogP contribution in [0.1, 0.15) is 440 Å². The zero-order valence-electron chi connectivity index (χ0n) is 67.8. The molecule has 0 aromatic carbocycles. The van der Waals surface area contributed by atoms with Crippen LogP contribution in [0.4, 0.5) is 0 Å².